The first kappa shape index (κ1) is 22.5. The van der Waals surface area contributed by atoms with E-state index in [4.69, 9.17) is 21.1 Å². The molecule has 0 radical (unpaired) electrons. The van der Waals surface area contributed by atoms with Gasteiger partial charge in [0.05, 0.1) is 6.61 Å². The maximum atomic E-state index is 6.50. The molecule has 2 aromatic carbocycles. The van der Waals surface area contributed by atoms with Gasteiger partial charge in [-0.1, -0.05) is 57.5 Å². The summed E-state index contributed by atoms with van der Waals surface area (Å²) in [7, 11) is 0. The lowest BCUT2D eigenvalue weighted by Crippen LogP contribution is -2.44. The second-order valence-electron chi connectivity index (χ2n) is 10.2. The maximum Gasteiger partial charge on any atom is 0.126 e. The van der Waals surface area contributed by atoms with Crippen LogP contribution in [0.1, 0.15) is 57.2 Å². The van der Waals surface area contributed by atoms with E-state index in [2.05, 4.69) is 56.9 Å². The normalized spacial score (nSPS) is 17.9. The number of likely N-dealkylation sites (tertiary alicyclic amines) is 1. The summed E-state index contributed by atoms with van der Waals surface area (Å²) in [5.41, 5.74) is 3.90. The van der Waals surface area contributed by atoms with E-state index in [1.807, 2.05) is 12.1 Å². The quantitative estimate of drug-likeness (QED) is 0.489. The average Bonchev–Trinajstić information content (AvgIpc) is 3.06. The number of piperidine rings is 1. The lowest BCUT2D eigenvalue weighted by molar-refractivity contribution is 0.125. The van der Waals surface area contributed by atoms with Gasteiger partial charge in [-0.15, -0.1) is 0 Å². The Morgan fingerprint density at radius 1 is 1.06 bits per heavy atom. The summed E-state index contributed by atoms with van der Waals surface area (Å²) in [6.07, 6.45) is 3.35. The van der Waals surface area contributed by atoms with Crippen molar-refractivity contribution >= 4 is 11.6 Å². The zero-order valence-corrected chi connectivity index (χ0v) is 20.2. The van der Waals surface area contributed by atoms with Gasteiger partial charge in [0, 0.05) is 34.2 Å². The van der Waals surface area contributed by atoms with Gasteiger partial charge >= 0.3 is 0 Å². The lowest BCUT2D eigenvalue weighted by Gasteiger charge is -2.39. The molecule has 1 fully saturated rings. The number of ether oxygens (including phenoxy) is 2. The highest BCUT2D eigenvalue weighted by molar-refractivity contribution is 6.31. The van der Waals surface area contributed by atoms with E-state index in [9.17, 15) is 0 Å². The van der Waals surface area contributed by atoms with E-state index in [1.165, 1.54) is 30.5 Å². The van der Waals surface area contributed by atoms with Crippen molar-refractivity contribution in [1.29, 1.82) is 0 Å². The van der Waals surface area contributed by atoms with Crippen molar-refractivity contribution in [2.45, 2.75) is 59.0 Å². The van der Waals surface area contributed by atoms with Crippen molar-refractivity contribution in [3.8, 4) is 11.5 Å². The van der Waals surface area contributed by atoms with Crippen LogP contribution in [0, 0.1) is 11.8 Å². The van der Waals surface area contributed by atoms with E-state index in [0.29, 0.717) is 12.5 Å². The van der Waals surface area contributed by atoms with Crippen LogP contribution in [-0.2, 0) is 18.4 Å². The van der Waals surface area contributed by atoms with Crippen LogP contribution < -0.4 is 9.47 Å². The molecule has 0 amide bonds. The van der Waals surface area contributed by atoms with Crippen LogP contribution in [0.5, 0.6) is 11.5 Å². The molecule has 2 aliphatic heterocycles. The third kappa shape index (κ3) is 5.04. The summed E-state index contributed by atoms with van der Waals surface area (Å²) in [6, 6.07) is 12.5. The number of nitrogens with zero attached hydrogens (tertiary/aromatic N) is 1. The summed E-state index contributed by atoms with van der Waals surface area (Å²) in [5.74, 6) is 3.15. The zero-order valence-electron chi connectivity index (χ0n) is 19.4. The highest BCUT2D eigenvalue weighted by Gasteiger charge is 2.43. The zero-order chi connectivity index (χ0) is 22.0. The SMILES string of the molecule is CC(C)Cc1cccc(Cl)c1COc1ccc2c(c1)OCC21CCN(CC(C)C)CC1. The molecule has 4 rings (SSSR count). The molecule has 4 heteroatoms. The number of fused-ring (bicyclic) bond motifs is 2. The largest absolute Gasteiger partial charge is 0.492 e. The Hall–Kier alpha value is -1.71. The predicted molar refractivity (Wildman–Crippen MR) is 128 cm³/mol. The number of halogens is 1. The summed E-state index contributed by atoms with van der Waals surface area (Å²) in [6.45, 7) is 13.8. The van der Waals surface area contributed by atoms with Gasteiger partial charge in [-0.25, -0.2) is 0 Å². The molecule has 0 unspecified atom stereocenters. The Morgan fingerprint density at radius 2 is 1.84 bits per heavy atom. The maximum absolute atomic E-state index is 6.50. The van der Waals surface area contributed by atoms with Gasteiger partial charge in [0.15, 0.2) is 0 Å². The molecular weight excluding hydrogens is 406 g/mol. The highest BCUT2D eigenvalue weighted by atomic mass is 35.5. The smallest absolute Gasteiger partial charge is 0.126 e. The van der Waals surface area contributed by atoms with Crippen molar-refractivity contribution in [3.63, 3.8) is 0 Å². The summed E-state index contributed by atoms with van der Waals surface area (Å²) < 4.78 is 12.4. The number of benzene rings is 2. The fourth-order valence-corrected chi connectivity index (χ4v) is 5.34. The minimum absolute atomic E-state index is 0.175. The Kier molecular flexibility index (Phi) is 6.83. The highest BCUT2D eigenvalue weighted by Crippen LogP contribution is 2.46. The fraction of sp³-hybridized carbons (Fsp3) is 0.556. The van der Waals surface area contributed by atoms with Crippen LogP contribution in [-0.4, -0.2) is 31.1 Å². The Balaban J connectivity index is 1.44. The minimum Gasteiger partial charge on any atom is -0.492 e. The first-order valence-corrected chi connectivity index (χ1v) is 12.1. The monoisotopic (exact) mass is 441 g/mol. The van der Waals surface area contributed by atoms with Crippen LogP contribution in [0.2, 0.25) is 5.02 Å². The molecule has 168 valence electrons. The Labute approximate surface area is 192 Å². The third-order valence-electron chi connectivity index (χ3n) is 6.69. The molecule has 3 nitrogen and oxygen atoms in total. The Bertz CT molecular complexity index is 900. The average molecular weight is 442 g/mol. The molecule has 31 heavy (non-hydrogen) atoms. The summed E-state index contributed by atoms with van der Waals surface area (Å²) >= 11 is 6.50. The standard InChI is InChI=1S/C27H36ClNO2/c1-19(2)14-21-6-5-7-25(28)23(21)17-30-22-8-9-24-26(15-22)31-18-27(24)10-12-29(13-11-27)16-20(3)4/h5-9,15,19-20H,10-14,16-18H2,1-4H3. The molecule has 0 bridgehead atoms. The summed E-state index contributed by atoms with van der Waals surface area (Å²) in [4.78, 5) is 2.60. The van der Waals surface area contributed by atoms with Gasteiger partial charge in [-0.05, 0) is 61.9 Å². The van der Waals surface area contributed by atoms with Gasteiger partial charge in [0.2, 0.25) is 0 Å². The predicted octanol–water partition coefficient (Wildman–Crippen LogP) is 6.50. The molecule has 0 saturated carbocycles. The van der Waals surface area contributed by atoms with E-state index in [1.54, 1.807) is 0 Å². The van der Waals surface area contributed by atoms with E-state index in [0.717, 1.165) is 54.1 Å². The fourth-order valence-electron chi connectivity index (χ4n) is 5.09. The second-order valence-corrected chi connectivity index (χ2v) is 10.6. The number of rotatable bonds is 7. The van der Waals surface area contributed by atoms with Crippen LogP contribution in [0.3, 0.4) is 0 Å². The second kappa shape index (κ2) is 9.42. The minimum atomic E-state index is 0.175. The van der Waals surface area contributed by atoms with Crippen LogP contribution >= 0.6 is 11.6 Å². The molecule has 2 aromatic rings. The van der Waals surface area contributed by atoms with Crippen molar-refractivity contribution in [3.05, 3.63) is 58.1 Å². The topological polar surface area (TPSA) is 21.7 Å². The van der Waals surface area contributed by atoms with Crippen molar-refractivity contribution < 1.29 is 9.47 Å². The first-order chi connectivity index (χ1) is 14.9. The van der Waals surface area contributed by atoms with Crippen molar-refractivity contribution in [2.75, 3.05) is 26.2 Å². The van der Waals surface area contributed by atoms with Gasteiger partial charge in [0.25, 0.3) is 0 Å². The lowest BCUT2D eigenvalue weighted by atomic mass is 9.74. The van der Waals surface area contributed by atoms with E-state index >= 15 is 0 Å². The van der Waals surface area contributed by atoms with Gasteiger partial charge in [-0.2, -0.15) is 0 Å². The van der Waals surface area contributed by atoms with Crippen molar-refractivity contribution in [1.82, 2.24) is 4.90 Å². The van der Waals surface area contributed by atoms with Gasteiger partial charge < -0.3 is 14.4 Å². The first-order valence-electron chi connectivity index (χ1n) is 11.7. The molecule has 1 spiro atoms. The van der Waals surface area contributed by atoms with Crippen molar-refractivity contribution in [2.24, 2.45) is 11.8 Å². The third-order valence-corrected chi connectivity index (χ3v) is 7.05. The molecule has 0 N–H and O–H groups in total. The molecule has 2 aliphatic rings. The number of hydrogen-bond acceptors (Lipinski definition) is 3. The molecule has 0 aromatic heterocycles. The van der Waals surface area contributed by atoms with Crippen LogP contribution in [0.4, 0.5) is 0 Å². The van der Waals surface area contributed by atoms with Crippen LogP contribution in [0.25, 0.3) is 0 Å². The van der Waals surface area contributed by atoms with Gasteiger partial charge in [0.1, 0.15) is 18.1 Å². The molecular formula is C27H36ClNO2. The summed E-state index contributed by atoms with van der Waals surface area (Å²) in [5, 5.41) is 0.780. The molecule has 0 atom stereocenters. The number of hydrogen-bond donors (Lipinski definition) is 0. The van der Waals surface area contributed by atoms with Crippen LogP contribution in [0.15, 0.2) is 36.4 Å². The molecule has 1 saturated heterocycles. The molecule has 2 heterocycles. The molecule has 0 aliphatic carbocycles. The van der Waals surface area contributed by atoms with E-state index < -0.39 is 0 Å². The van der Waals surface area contributed by atoms with E-state index in [-0.39, 0.29) is 5.41 Å². The Morgan fingerprint density at radius 3 is 2.55 bits per heavy atom. The van der Waals surface area contributed by atoms with Gasteiger partial charge in [-0.3, -0.25) is 0 Å².